The Balaban J connectivity index is 2.16. The fraction of sp³-hybridized carbons (Fsp3) is 0.417. The average Bonchev–Trinajstić information content (AvgIpc) is 2.42. The topological polar surface area (TPSA) is 86.7 Å². The van der Waals surface area contributed by atoms with Crippen LogP contribution in [0.5, 0.6) is 0 Å². The zero-order valence-electron chi connectivity index (χ0n) is 10.9. The number of hydrogen-bond acceptors (Lipinski definition) is 3. The molecule has 1 aromatic carbocycles. The van der Waals surface area contributed by atoms with Crippen LogP contribution in [0.25, 0.3) is 0 Å². The van der Waals surface area contributed by atoms with Crippen LogP contribution >= 0.6 is 23.2 Å². The number of rotatable bonds is 4. The van der Waals surface area contributed by atoms with Crippen molar-refractivity contribution in [2.24, 2.45) is 5.92 Å². The molecule has 0 bridgehead atoms. The largest absolute Gasteiger partial charge is 0.481 e. The monoisotopic (exact) mass is 352 g/mol. The molecular formula is C12H14Cl2N2O4S. The summed E-state index contributed by atoms with van der Waals surface area (Å²) in [6.45, 7) is 0.236. The van der Waals surface area contributed by atoms with Gasteiger partial charge < -0.3 is 5.11 Å². The number of piperidine rings is 1. The van der Waals surface area contributed by atoms with Gasteiger partial charge in [0.2, 0.25) is 0 Å². The van der Waals surface area contributed by atoms with Gasteiger partial charge in [-0.05, 0) is 31.0 Å². The summed E-state index contributed by atoms with van der Waals surface area (Å²) in [6, 6.07) is 4.40. The van der Waals surface area contributed by atoms with Crippen LogP contribution in [-0.4, -0.2) is 36.9 Å². The minimum atomic E-state index is -3.85. The van der Waals surface area contributed by atoms with E-state index in [1.165, 1.54) is 18.2 Å². The second kappa shape index (κ2) is 6.39. The Hall–Kier alpha value is -1.02. The first-order valence-electron chi connectivity index (χ1n) is 6.25. The quantitative estimate of drug-likeness (QED) is 0.871. The Morgan fingerprint density at radius 1 is 1.38 bits per heavy atom. The number of nitrogens with zero attached hydrogens (tertiary/aromatic N) is 1. The minimum Gasteiger partial charge on any atom is -0.481 e. The second-order valence-corrected chi connectivity index (χ2v) is 7.28. The van der Waals surface area contributed by atoms with E-state index in [9.17, 15) is 13.2 Å². The van der Waals surface area contributed by atoms with Crippen molar-refractivity contribution in [2.45, 2.75) is 12.8 Å². The van der Waals surface area contributed by atoms with Gasteiger partial charge in [0.05, 0.1) is 16.6 Å². The van der Waals surface area contributed by atoms with Gasteiger partial charge in [-0.3, -0.25) is 9.52 Å². The Bertz CT molecular complexity index is 651. The van der Waals surface area contributed by atoms with Crippen molar-refractivity contribution >= 4 is 45.1 Å². The van der Waals surface area contributed by atoms with Gasteiger partial charge in [0, 0.05) is 18.1 Å². The van der Waals surface area contributed by atoms with Crippen molar-refractivity contribution < 1.29 is 18.3 Å². The third-order valence-electron chi connectivity index (χ3n) is 3.24. The lowest BCUT2D eigenvalue weighted by molar-refractivity contribution is -0.142. The summed E-state index contributed by atoms with van der Waals surface area (Å²) in [5, 5.41) is 9.58. The van der Waals surface area contributed by atoms with Gasteiger partial charge in [0.15, 0.2) is 0 Å². The maximum absolute atomic E-state index is 12.3. The summed E-state index contributed by atoms with van der Waals surface area (Å²) >= 11 is 11.7. The van der Waals surface area contributed by atoms with E-state index in [0.717, 1.165) is 4.31 Å². The van der Waals surface area contributed by atoms with E-state index >= 15 is 0 Å². The van der Waals surface area contributed by atoms with Gasteiger partial charge in [0.1, 0.15) is 0 Å². The molecule has 0 aliphatic carbocycles. The Morgan fingerprint density at radius 3 is 2.71 bits per heavy atom. The molecule has 1 aliphatic rings. The molecule has 1 heterocycles. The summed E-state index contributed by atoms with van der Waals surface area (Å²) in [4.78, 5) is 11.0. The molecule has 6 nitrogen and oxygen atoms in total. The highest BCUT2D eigenvalue weighted by molar-refractivity contribution is 7.90. The first-order chi connectivity index (χ1) is 9.79. The molecule has 116 valence electrons. The molecule has 1 atom stereocenters. The maximum atomic E-state index is 12.3. The maximum Gasteiger partial charge on any atom is 0.307 e. The van der Waals surface area contributed by atoms with Crippen molar-refractivity contribution in [1.82, 2.24) is 4.31 Å². The molecule has 0 spiro atoms. The number of nitrogens with one attached hydrogen (secondary N) is 1. The first kappa shape index (κ1) is 16.4. The first-order valence-corrected chi connectivity index (χ1v) is 8.45. The SMILES string of the molecule is O=C(O)C1CCCN(S(=O)(=O)Nc2ccc(Cl)cc2Cl)C1. The lowest BCUT2D eigenvalue weighted by Crippen LogP contribution is -2.44. The normalized spacial score (nSPS) is 20.2. The van der Waals surface area contributed by atoms with E-state index in [-0.39, 0.29) is 23.8 Å². The zero-order chi connectivity index (χ0) is 15.6. The number of carboxylic acids is 1. The molecule has 1 fully saturated rings. The number of benzene rings is 1. The van der Waals surface area contributed by atoms with Crippen LogP contribution < -0.4 is 4.72 Å². The third-order valence-corrected chi connectivity index (χ3v) is 5.28. The molecule has 2 N–H and O–H groups in total. The molecule has 0 aromatic heterocycles. The van der Waals surface area contributed by atoms with Crippen LogP contribution in [0, 0.1) is 5.92 Å². The second-order valence-electron chi connectivity index (χ2n) is 4.77. The van der Waals surface area contributed by atoms with E-state index in [1.54, 1.807) is 0 Å². The predicted octanol–water partition coefficient (Wildman–Crippen LogP) is 2.45. The minimum absolute atomic E-state index is 0.0458. The van der Waals surface area contributed by atoms with Crippen LogP contribution in [0.3, 0.4) is 0 Å². The Labute approximate surface area is 132 Å². The number of carbonyl (C=O) groups is 1. The molecule has 2 rings (SSSR count). The molecule has 0 saturated carbocycles. The molecule has 1 unspecified atom stereocenters. The molecular weight excluding hydrogens is 339 g/mol. The predicted molar refractivity (Wildman–Crippen MR) is 80.9 cm³/mol. The van der Waals surface area contributed by atoms with Crippen LogP contribution in [0.1, 0.15) is 12.8 Å². The number of hydrogen-bond donors (Lipinski definition) is 2. The Kier molecular flexibility index (Phi) is 4.98. The van der Waals surface area contributed by atoms with Crippen molar-refractivity contribution in [2.75, 3.05) is 17.8 Å². The van der Waals surface area contributed by atoms with Crippen molar-refractivity contribution in [3.05, 3.63) is 28.2 Å². The molecule has 1 aliphatic heterocycles. The molecule has 21 heavy (non-hydrogen) atoms. The standard InChI is InChI=1S/C12H14Cl2N2O4S/c13-9-3-4-11(10(14)6-9)15-21(19,20)16-5-1-2-8(7-16)12(17)18/h3-4,6,8,15H,1-2,5,7H2,(H,17,18). The number of carboxylic acid groups (broad SMARTS) is 1. The molecule has 0 amide bonds. The van der Waals surface area contributed by atoms with Gasteiger partial charge >= 0.3 is 16.2 Å². The van der Waals surface area contributed by atoms with E-state index in [4.69, 9.17) is 28.3 Å². The summed E-state index contributed by atoms with van der Waals surface area (Å²) in [5.41, 5.74) is 0.207. The van der Waals surface area contributed by atoms with Gasteiger partial charge in [-0.25, -0.2) is 0 Å². The van der Waals surface area contributed by atoms with E-state index in [0.29, 0.717) is 17.9 Å². The van der Waals surface area contributed by atoms with Gasteiger partial charge in [-0.1, -0.05) is 23.2 Å². The van der Waals surface area contributed by atoms with E-state index < -0.39 is 22.1 Å². The van der Waals surface area contributed by atoms with Crippen LogP contribution in [0.4, 0.5) is 5.69 Å². The number of anilines is 1. The fourth-order valence-corrected chi connectivity index (χ4v) is 3.98. The lowest BCUT2D eigenvalue weighted by atomic mass is 10.0. The van der Waals surface area contributed by atoms with Crippen molar-refractivity contribution in [3.8, 4) is 0 Å². The number of halogens is 2. The molecule has 1 aromatic rings. The van der Waals surface area contributed by atoms with Crippen molar-refractivity contribution in [1.29, 1.82) is 0 Å². The van der Waals surface area contributed by atoms with Crippen molar-refractivity contribution in [3.63, 3.8) is 0 Å². The zero-order valence-corrected chi connectivity index (χ0v) is 13.2. The lowest BCUT2D eigenvalue weighted by Gasteiger charge is -2.30. The summed E-state index contributed by atoms with van der Waals surface area (Å²) in [7, 11) is -3.85. The molecule has 9 heteroatoms. The highest BCUT2D eigenvalue weighted by Crippen LogP contribution is 2.28. The van der Waals surface area contributed by atoms with Gasteiger partial charge in [0.25, 0.3) is 0 Å². The fourth-order valence-electron chi connectivity index (χ4n) is 2.14. The number of aliphatic carboxylic acids is 1. The molecule has 0 radical (unpaired) electrons. The van der Waals surface area contributed by atoms with Crippen LogP contribution in [0.15, 0.2) is 18.2 Å². The summed E-state index contributed by atoms with van der Waals surface area (Å²) in [5.74, 6) is -1.67. The van der Waals surface area contributed by atoms with Gasteiger partial charge in [-0.2, -0.15) is 12.7 Å². The smallest absolute Gasteiger partial charge is 0.307 e. The summed E-state index contributed by atoms with van der Waals surface area (Å²) < 4.78 is 28.1. The highest BCUT2D eigenvalue weighted by atomic mass is 35.5. The van der Waals surface area contributed by atoms with Crippen LogP contribution in [0.2, 0.25) is 10.0 Å². The average molecular weight is 353 g/mol. The Morgan fingerprint density at radius 2 is 2.10 bits per heavy atom. The molecule has 1 saturated heterocycles. The summed E-state index contributed by atoms with van der Waals surface area (Å²) in [6.07, 6.45) is 0.981. The van der Waals surface area contributed by atoms with Crippen LogP contribution in [-0.2, 0) is 15.0 Å². The highest BCUT2D eigenvalue weighted by Gasteiger charge is 2.32. The third kappa shape index (κ3) is 4.00. The van der Waals surface area contributed by atoms with E-state index in [2.05, 4.69) is 4.72 Å². The van der Waals surface area contributed by atoms with Gasteiger partial charge in [-0.15, -0.1) is 0 Å². The van der Waals surface area contributed by atoms with E-state index in [1.807, 2.05) is 0 Å².